The summed E-state index contributed by atoms with van der Waals surface area (Å²) in [6.45, 7) is 3.21. The molecule has 2 aromatic heterocycles. The molecular formula is C17H15FN6O4. The smallest absolute Gasteiger partial charge is 0.306 e. The summed E-state index contributed by atoms with van der Waals surface area (Å²) >= 11 is 0. The summed E-state index contributed by atoms with van der Waals surface area (Å²) in [6.07, 6.45) is 0. The van der Waals surface area contributed by atoms with Crippen molar-refractivity contribution in [3.8, 4) is 5.82 Å². The molecule has 0 aliphatic rings. The number of aryl methyl sites for hydroxylation is 2. The highest BCUT2D eigenvalue weighted by Crippen LogP contribution is 2.21. The molecule has 0 saturated carbocycles. The van der Waals surface area contributed by atoms with Crippen LogP contribution in [-0.4, -0.2) is 30.4 Å². The number of rotatable bonds is 5. The Kier molecular flexibility index (Phi) is 4.98. The number of hydrogen-bond acceptors (Lipinski definition) is 6. The van der Waals surface area contributed by atoms with Crippen LogP contribution in [0.1, 0.15) is 11.4 Å². The van der Waals surface area contributed by atoms with Crippen LogP contribution in [0.15, 0.2) is 41.2 Å². The maximum absolute atomic E-state index is 13.4. The fourth-order valence-electron chi connectivity index (χ4n) is 2.59. The number of nitro groups is 1. The van der Waals surface area contributed by atoms with Crippen molar-refractivity contribution in [2.75, 3.05) is 5.32 Å². The van der Waals surface area contributed by atoms with Crippen LogP contribution in [0.4, 0.5) is 15.8 Å². The van der Waals surface area contributed by atoms with Crippen molar-refractivity contribution >= 4 is 17.3 Å². The van der Waals surface area contributed by atoms with Gasteiger partial charge >= 0.3 is 5.69 Å². The molecule has 144 valence electrons. The number of nitrogens with one attached hydrogen (secondary N) is 1. The van der Waals surface area contributed by atoms with Crippen molar-refractivity contribution in [2.45, 2.75) is 20.4 Å². The van der Waals surface area contributed by atoms with E-state index in [2.05, 4.69) is 15.5 Å². The number of nitrogens with zero attached hydrogens (tertiary/aromatic N) is 5. The molecular weight excluding hydrogens is 371 g/mol. The SMILES string of the molecule is Cc1cc(C)n(-c2ccc(=O)n(CC(=O)Nc3ccc(F)c([N+](=O)[O-])c3)n2)n1. The standard InChI is InChI=1S/C17H15FN6O4/c1-10-7-11(2)23(20-10)15-5-6-17(26)22(21-15)9-16(25)19-12-3-4-13(18)14(8-12)24(27)28/h3-8H,9H2,1-2H3,(H,19,25). The van der Waals surface area contributed by atoms with Crippen LogP contribution in [0.5, 0.6) is 0 Å². The van der Waals surface area contributed by atoms with Gasteiger partial charge in [0.1, 0.15) is 6.54 Å². The highest BCUT2D eigenvalue weighted by molar-refractivity contribution is 5.90. The van der Waals surface area contributed by atoms with Gasteiger partial charge in [0.2, 0.25) is 11.7 Å². The first-order valence-electron chi connectivity index (χ1n) is 8.10. The Balaban J connectivity index is 1.82. The van der Waals surface area contributed by atoms with Crippen LogP contribution >= 0.6 is 0 Å². The molecule has 28 heavy (non-hydrogen) atoms. The number of carbonyl (C=O) groups excluding carboxylic acids is 1. The molecule has 0 saturated heterocycles. The topological polar surface area (TPSA) is 125 Å². The third kappa shape index (κ3) is 3.92. The first-order chi connectivity index (χ1) is 13.2. The molecule has 0 bridgehead atoms. The van der Waals surface area contributed by atoms with Gasteiger partial charge in [0.25, 0.3) is 5.56 Å². The molecule has 0 atom stereocenters. The minimum absolute atomic E-state index is 0.0286. The third-order valence-corrected chi connectivity index (χ3v) is 3.80. The van der Waals surface area contributed by atoms with Gasteiger partial charge in [-0.3, -0.25) is 19.7 Å². The zero-order chi connectivity index (χ0) is 20.4. The molecule has 1 N–H and O–H groups in total. The normalized spacial score (nSPS) is 10.7. The van der Waals surface area contributed by atoms with E-state index in [0.29, 0.717) is 5.82 Å². The molecule has 0 unspecified atom stereocenters. The molecule has 0 fully saturated rings. The van der Waals surface area contributed by atoms with Crippen LogP contribution in [0.3, 0.4) is 0 Å². The Morgan fingerprint density at radius 1 is 1.21 bits per heavy atom. The number of anilines is 1. The van der Waals surface area contributed by atoms with E-state index < -0.39 is 34.4 Å². The second kappa shape index (κ2) is 7.39. The van der Waals surface area contributed by atoms with E-state index in [1.807, 2.05) is 19.9 Å². The Hall–Kier alpha value is -3.89. The number of hydrogen-bond donors (Lipinski definition) is 1. The lowest BCUT2D eigenvalue weighted by molar-refractivity contribution is -0.387. The number of benzene rings is 1. The van der Waals surface area contributed by atoms with Crippen molar-refractivity contribution in [1.29, 1.82) is 0 Å². The van der Waals surface area contributed by atoms with E-state index in [9.17, 15) is 24.1 Å². The van der Waals surface area contributed by atoms with Crippen molar-refractivity contribution in [1.82, 2.24) is 19.6 Å². The van der Waals surface area contributed by atoms with Crippen LogP contribution < -0.4 is 10.9 Å². The number of nitro benzene ring substituents is 1. The third-order valence-electron chi connectivity index (χ3n) is 3.80. The predicted octanol–water partition coefficient (Wildman–Crippen LogP) is 1.73. The summed E-state index contributed by atoms with van der Waals surface area (Å²) in [5, 5.41) is 21.6. The van der Waals surface area contributed by atoms with Crippen molar-refractivity contribution < 1.29 is 14.1 Å². The van der Waals surface area contributed by atoms with E-state index >= 15 is 0 Å². The predicted molar refractivity (Wildman–Crippen MR) is 96.8 cm³/mol. The minimum Gasteiger partial charge on any atom is -0.324 e. The lowest BCUT2D eigenvalue weighted by atomic mass is 10.2. The molecule has 0 radical (unpaired) electrons. The van der Waals surface area contributed by atoms with Gasteiger partial charge in [-0.2, -0.15) is 9.49 Å². The fourth-order valence-corrected chi connectivity index (χ4v) is 2.59. The van der Waals surface area contributed by atoms with Gasteiger partial charge in [0, 0.05) is 23.5 Å². The first-order valence-corrected chi connectivity index (χ1v) is 8.10. The Morgan fingerprint density at radius 2 is 1.96 bits per heavy atom. The molecule has 10 nitrogen and oxygen atoms in total. The van der Waals surface area contributed by atoms with Crippen LogP contribution in [0.25, 0.3) is 5.82 Å². The molecule has 0 aliphatic carbocycles. The number of carbonyl (C=O) groups is 1. The van der Waals surface area contributed by atoms with Gasteiger partial charge in [-0.1, -0.05) is 0 Å². The van der Waals surface area contributed by atoms with Gasteiger partial charge < -0.3 is 5.32 Å². The lowest BCUT2D eigenvalue weighted by Crippen LogP contribution is -2.30. The van der Waals surface area contributed by atoms with Crippen molar-refractivity contribution in [3.63, 3.8) is 0 Å². The second-order valence-electron chi connectivity index (χ2n) is 6.00. The molecule has 0 aliphatic heterocycles. The zero-order valence-electron chi connectivity index (χ0n) is 14.9. The number of amides is 1. The average Bonchev–Trinajstić information content (AvgIpc) is 2.96. The summed E-state index contributed by atoms with van der Waals surface area (Å²) in [5.41, 5.74) is 0.331. The van der Waals surface area contributed by atoms with Gasteiger partial charge in [-0.25, -0.2) is 9.36 Å². The van der Waals surface area contributed by atoms with Crippen LogP contribution in [-0.2, 0) is 11.3 Å². The van der Waals surface area contributed by atoms with Gasteiger partial charge in [0.05, 0.1) is 10.6 Å². The van der Waals surface area contributed by atoms with Gasteiger partial charge in [-0.05, 0) is 38.1 Å². The second-order valence-corrected chi connectivity index (χ2v) is 6.00. The highest BCUT2D eigenvalue weighted by Gasteiger charge is 2.16. The number of aromatic nitrogens is 4. The van der Waals surface area contributed by atoms with Crippen molar-refractivity contribution in [2.24, 2.45) is 0 Å². The summed E-state index contributed by atoms with van der Waals surface area (Å²) in [6, 6.07) is 7.54. The van der Waals surface area contributed by atoms with E-state index in [1.165, 1.54) is 22.9 Å². The van der Waals surface area contributed by atoms with Crippen LogP contribution in [0.2, 0.25) is 0 Å². The largest absolute Gasteiger partial charge is 0.324 e. The van der Waals surface area contributed by atoms with E-state index in [-0.39, 0.29) is 5.69 Å². The summed E-state index contributed by atoms with van der Waals surface area (Å²) in [7, 11) is 0. The Bertz CT molecular complexity index is 1140. The van der Waals surface area contributed by atoms with E-state index in [1.54, 1.807) is 0 Å². The summed E-state index contributed by atoms with van der Waals surface area (Å²) < 4.78 is 15.9. The highest BCUT2D eigenvalue weighted by atomic mass is 19.1. The number of halogens is 1. The Morgan fingerprint density at radius 3 is 2.61 bits per heavy atom. The zero-order valence-corrected chi connectivity index (χ0v) is 14.9. The molecule has 3 aromatic rings. The maximum atomic E-state index is 13.4. The van der Waals surface area contributed by atoms with Gasteiger partial charge in [-0.15, -0.1) is 5.10 Å². The maximum Gasteiger partial charge on any atom is 0.306 e. The average molecular weight is 386 g/mol. The van der Waals surface area contributed by atoms with Gasteiger partial charge in [0.15, 0.2) is 5.82 Å². The minimum atomic E-state index is -1.02. The Labute approximate surface area is 157 Å². The molecule has 0 spiro atoms. The molecule has 1 amide bonds. The summed E-state index contributed by atoms with van der Waals surface area (Å²) in [4.78, 5) is 34.1. The lowest BCUT2D eigenvalue weighted by Gasteiger charge is -2.09. The molecule has 3 rings (SSSR count). The van der Waals surface area contributed by atoms with E-state index in [4.69, 9.17) is 0 Å². The first kappa shape index (κ1) is 18.9. The quantitative estimate of drug-likeness (QED) is 0.526. The molecule has 2 heterocycles. The molecule has 11 heteroatoms. The van der Waals surface area contributed by atoms with Crippen LogP contribution in [0, 0.1) is 29.8 Å². The fraction of sp³-hybridized carbons (Fsp3) is 0.176. The monoisotopic (exact) mass is 386 g/mol. The van der Waals surface area contributed by atoms with E-state index in [0.717, 1.165) is 28.2 Å². The molecule has 1 aromatic carbocycles. The summed E-state index contributed by atoms with van der Waals surface area (Å²) in [5.74, 6) is -1.31. The van der Waals surface area contributed by atoms with Crippen molar-refractivity contribution in [3.05, 3.63) is 74.1 Å².